The van der Waals surface area contributed by atoms with E-state index in [0.717, 1.165) is 40.9 Å². The first-order valence-corrected chi connectivity index (χ1v) is 9.07. The number of piperazine rings is 1. The molecule has 1 saturated heterocycles. The molecule has 1 fully saturated rings. The minimum Gasteiger partial charge on any atom is -0.406 e. The largest absolute Gasteiger partial charge is 0.573 e. The van der Waals surface area contributed by atoms with Crippen molar-refractivity contribution in [2.75, 3.05) is 26.2 Å². The van der Waals surface area contributed by atoms with Gasteiger partial charge in [-0.1, -0.05) is 30.3 Å². The molecule has 0 amide bonds. The molecule has 0 bridgehead atoms. The topological polar surface area (TPSA) is 24.5 Å². The van der Waals surface area contributed by atoms with Crippen LogP contribution >= 0.6 is 47.4 Å². The lowest BCUT2D eigenvalue weighted by atomic mass is 9.96. The number of nitrogens with one attached hydrogen (secondary N) is 1. The Morgan fingerprint density at radius 2 is 1.56 bits per heavy atom. The summed E-state index contributed by atoms with van der Waals surface area (Å²) in [6.45, 7) is 3.57. The standard InChI is InChI=1S/C18H18F3IN2O.2ClH/c19-18(20,21)25-14-7-5-13(6-8-14)17(24-11-9-23-10-12-24)15-3-1-2-4-16(15)22;;/h1-8,17,23H,9-12H2;2*1H/t17-;;/m0../s1. The first-order chi connectivity index (χ1) is 11.9. The maximum Gasteiger partial charge on any atom is 0.573 e. The first-order valence-electron chi connectivity index (χ1n) is 7.99. The minimum atomic E-state index is -4.67. The molecule has 150 valence electrons. The number of nitrogens with zero attached hydrogens (tertiary/aromatic N) is 1. The van der Waals surface area contributed by atoms with Crippen LogP contribution in [0.15, 0.2) is 48.5 Å². The fourth-order valence-corrected chi connectivity index (χ4v) is 3.76. The summed E-state index contributed by atoms with van der Waals surface area (Å²) in [5, 5.41) is 3.33. The zero-order valence-corrected chi connectivity index (χ0v) is 18.0. The number of hydrogen-bond acceptors (Lipinski definition) is 3. The van der Waals surface area contributed by atoms with Gasteiger partial charge in [-0.05, 0) is 51.9 Å². The van der Waals surface area contributed by atoms with Gasteiger partial charge in [-0.25, -0.2) is 0 Å². The maximum absolute atomic E-state index is 12.4. The molecule has 2 aromatic carbocycles. The van der Waals surface area contributed by atoms with E-state index in [1.807, 2.05) is 18.2 Å². The van der Waals surface area contributed by atoms with Gasteiger partial charge in [0.2, 0.25) is 0 Å². The molecular formula is C18H20Cl2F3IN2O. The molecule has 1 atom stereocenters. The van der Waals surface area contributed by atoms with Crippen molar-refractivity contribution in [2.24, 2.45) is 0 Å². The Morgan fingerprint density at radius 3 is 2.11 bits per heavy atom. The van der Waals surface area contributed by atoms with Crippen LogP contribution < -0.4 is 10.1 Å². The molecule has 3 nitrogen and oxygen atoms in total. The van der Waals surface area contributed by atoms with Gasteiger partial charge in [-0.3, -0.25) is 4.90 Å². The molecule has 27 heavy (non-hydrogen) atoms. The molecule has 2 aromatic rings. The second kappa shape index (κ2) is 10.7. The molecule has 0 aromatic heterocycles. The van der Waals surface area contributed by atoms with Crippen molar-refractivity contribution in [1.82, 2.24) is 10.2 Å². The van der Waals surface area contributed by atoms with Crippen LogP contribution in [0.3, 0.4) is 0 Å². The second-order valence-electron chi connectivity index (χ2n) is 5.83. The average Bonchev–Trinajstić information content (AvgIpc) is 2.58. The highest BCUT2D eigenvalue weighted by Gasteiger charge is 2.31. The fraction of sp³-hybridized carbons (Fsp3) is 0.333. The predicted octanol–water partition coefficient (Wildman–Crippen LogP) is 5.03. The molecule has 3 rings (SSSR count). The van der Waals surface area contributed by atoms with Gasteiger partial charge in [0, 0.05) is 29.7 Å². The summed E-state index contributed by atoms with van der Waals surface area (Å²) in [6, 6.07) is 14.3. The summed E-state index contributed by atoms with van der Waals surface area (Å²) >= 11 is 2.31. The Balaban J connectivity index is 0.00000182. The lowest BCUT2D eigenvalue weighted by Crippen LogP contribution is -2.45. The van der Waals surface area contributed by atoms with Gasteiger partial charge in [0.05, 0.1) is 6.04 Å². The van der Waals surface area contributed by atoms with Crippen LogP contribution in [-0.4, -0.2) is 37.4 Å². The van der Waals surface area contributed by atoms with Gasteiger partial charge in [-0.2, -0.15) is 0 Å². The van der Waals surface area contributed by atoms with E-state index in [1.54, 1.807) is 12.1 Å². The monoisotopic (exact) mass is 534 g/mol. The van der Waals surface area contributed by atoms with Crippen LogP contribution in [0.4, 0.5) is 13.2 Å². The highest BCUT2D eigenvalue weighted by atomic mass is 127. The normalized spacial score (nSPS) is 16.0. The third kappa shape index (κ3) is 6.67. The quantitative estimate of drug-likeness (QED) is 0.557. The van der Waals surface area contributed by atoms with E-state index in [1.165, 1.54) is 12.1 Å². The molecule has 0 aliphatic carbocycles. The Hall–Kier alpha value is -0.740. The van der Waals surface area contributed by atoms with Crippen molar-refractivity contribution in [3.63, 3.8) is 0 Å². The molecular weight excluding hydrogens is 515 g/mol. The summed E-state index contributed by atoms with van der Waals surface area (Å²) < 4.78 is 42.2. The molecule has 0 spiro atoms. The third-order valence-electron chi connectivity index (χ3n) is 4.15. The van der Waals surface area contributed by atoms with Gasteiger partial charge in [-0.15, -0.1) is 38.0 Å². The Bertz CT molecular complexity index is 710. The van der Waals surface area contributed by atoms with Crippen molar-refractivity contribution in [2.45, 2.75) is 12.4 Å². The van der Waals surface area contributed by atoms with Crippen molar-refractivity contribution in [3.8, 4) is 5.75 Å². The molecule has 0 saturated carbocycles. The van der Waals surface area contributed by atoms with Crippen LogP contribution in [0.25, 0.3) is 0 Å². The maximum atomic E-state index is 12.4. The van der Waals surface area contributed by atoms with Crippen molar-refractivity contribution < 1.29 is 17.9 Å². The van der Waals surface area contributed by atoms with Crippen LogP contribution in [0, 0.1) is 3.57 Å². The number of halogens is 6. The van der Waals surface area contributed by atoms with E-state index < -0.39 is 6.36 Å². The average molecular weight is 535 g/mol. The molecule has 0 radical (unpaired) electrons. The number of rotatable bonds is 4. The summed E-state index contributed by atoms with van der Waals surface area (Å²) in [6.07, 6.45) is -4.67. The van der Waals surface area contributed by atoms with Gasteiger partial charge >= 0.3 is 6.36 Å². The molecule has 9 heteroatoms. The molecule has 1 aliphatic heterocycles. The Morgan fingerprint density at radius 1 is 0.963 bits per heavy atom. The molecule has 1 heterocycles. The van der Waals surface area contributed by atoms with Crippen molar-refractivity contribution in [1.29, 1.82) is 0 Å². The second-order valence-corrected chi connectivity index (χ2v) is 6.99. The van der Waals surface area contributed by atoms with E-state index in [0.29, 0.717) is 0 Å². The number of benzene rings is 2. The first kappa shape index (κ1) is 24.3. The zero-order chi connectivity index (χ0) is 17.9. The van der Waals surface area contributed by atoms with E-state index in [-0.39, 0.29) is 36.6 Å². The SMILES string of the molecule is Cl.Cl.FC(F)(F)Oc1ccc([C@@H](c2ccccc2I)N2CCNCC2)cc1. The Labute approximate surface area is 182 Å². The molecule has 1 aliphatic rings. The summed E-state index contributed by atoms with van der Waals surface area (Å²) in [4.78, 5) is 2.35. The van der Waals surface area contributed by atoms with Crippen LogP contribution in [-0.2, 0) is 0 Å². The van der Waals surface area contributed by atoms with E-state index >= 15 is 0 Å². The van der Waals surface area contributed by atoms with Crippen LogP contribution in [0.1, 0.15) is 17.2 Å². The Kier molecular flexibility index (Phi) is 9.64. The van der Waals surface area contributed by atoms with Crippen molar-refractivity contribution >= 4 is 47.4 Å². The van der Waals surface area contributed by atoms with E-state index in [2.05, 4.69) is 43.6 Å². The minimum absolute atomic E-state index is 0. The van der Waals surface area contributed by atoms with E-state index in [4.69, 9.17) is 0 Å². The number of alkyl halides is 3. The van der Waals surface area contributed by atoms with Crippen LogP contribution in [0.5, 0.6) is 5.75 Å². The van der Waals surface area contributed by atoms with Gasteiger partial charge in [0.15, 0.2) is 0 Å². The fourth-order valence-electron chi connectivity index (χ4n) is 3.08. The number of hydrogen-bond donors (Lipinski definition) is 1. The van der Waals surface area contributed by atoms with Gasteiger partial charge < -0.3 is 10.1 Å². The smallest absolute Gasteiger partial charge is 0.406 e. The zero-order valence-electron chi connectivity index (χ0n) is 14.2. The van der Waals surface area contributed by atoms with Gasteiger partial charge in [0.1, 0.15) is 5.75 Å². The summed E-state index contributed by atoms with van der Waals surface area (Å²) in [5.74, 6) is -0.196. The number of ether oxygens (including phenoxy) is 1. The highest BCUT2D eigenvalue weighted by molar-refractivity contribution is 14.1. The van der Waals surface area contributed by atoms with Crippen molar-refractivity contribution in [3.05, 3.63) is 63.2 Å². The summed E-state index contributed by atoms with van der Waals surface area (Å²) in [5.41, 5.74) is 2.12. The predicted molar refractivity (Wildman–Crippen MR) is 113 cm³/mol. The van der Waals surface area contributed by atoms with Crippen LogP contribution in [0.2, 0.25) is 0 Å². The third-order valence-corrected chi connectivity index (χ3v) is 5.13. The lowest BCUT2D eigenvalue weighted by Gasteiger charge is -2.36. The summed E-state index contributed by atoms with van der Waals surface area (Å²) in [7, 11) is 0. The lowest BCUT2D eigenvalue weighted by molar-refractivity contribution is -0.274. The molecule has 0 unspecified atom stereocenters. The molecule has 1 N–H and O–H groups in total. The van der Waals surface area contributed by atoms with E-state index in [9.17, 15) is 13.2 Å². The highest BCUT2D eigenvalue weighted by Crippen LogP contribution is 2.33. The van der Waals surface area contributed by atoms with Gasteiger partial charge in [0.25, 0.3) is 0 Å².